The molecule has 4 rings (SSSR count). The Morgan fingerprint density at radius 1 is 1.07 bits per heavy atom. The summed E-state index contributed by atoms with van der Waals surface area (Å²) >= 11 is 0. The van der Waals surface area contributed by atoms with Gasteiger partial charge >= 0.3 is 0 Å². The van der Waals surface area contributed by atoms with Gasteiger partial charge in [-0.25, -0.2) is 0 Å². The molecule has 2 heterocycles. The van der Waals surface area contributed by atoms with Gasteiger partial charge in [-0.1, -0.05) is 48.5 Å². The number of hydrogen-bond donors (Lipinski definition) is 1. The van der Waals surface area contributed by atoms with Crippen molar-refractivity contribution in [2.45, 2.75) is 19.5 Å². The molecule has 0 aliphatic carbocycles. The summed E-state index contributed by atoms with van der Waals surface area (Å²) in [6.07, 6.45) is 4.41. The highest BCUT2D eigenvalue weighted by molar-refractivity contribution is 5.94. The number of benzene rings is 2. The molecule has 2 aromatic carbocycles. The van der Waals surface area contributed by atoms with Crippen molar-refractivity contribution in [3.63, 3.8) is 0 Å². The number of pyridine rings is 1. The first-order valence-electron chi connectivity index (χ1n) is 8.75. The number of nitriles is 1. The lowest BCUT2D eigenvalue weighted by molar-refractivity contribution is 0.0995. The van der Waals surface area contributed by atoms with E-state index in [-0.39, 0.29) is 0 Å². The minimum absolute atomic E-state index is 0.295. The molecule has 1 aromatic heterocycles. The lowest BCUT2D eigenvalue weighted by Gasteiger charge is -2.15. The van der Waals surface area contributed by atoms with Crippen molar-refractivity contribution in [1.82, 2.24) is 9.88 Å². The van der Waals surface area contributed by atoms with Crippen LogP contribution in [0.3, 0.4) is 0 Å². The minimum Gasteiger partial charge on any atom is -0.364 e. The summed E-state index contributed by atoms with van der Waals surface area (Å²) in [5.74, 6) is -0.533. The maximum Gasteiger partial charge on any atom is 0.267 e. The summed E-state index contributed by atoms with van der Waals surface area (Å²) in [5.41, 5.74) is 12.0. The number of primary amides is 1. The van der Waals surface area contributed by atoms with E-state index < -0.39 is 5.91 Å². The number of amides is 1. The highest BCUT2D eigenvalue weighted by Gasteiger charge is 2.24. The third-order valence-corrected chi connectivity index (χ3v) is 4.93. The van der Waals surface area contributed by atoms with Crippen LogP contribution in [0.15, 0.2) is 60.8 Å². The Morgan fingerprint density at radius 2 is 1.89 bits per heavy atom. The van der Waals surface area contributed by atoms with Crippen LogP contribution in [0.5, 0.6) is 0 Å². The molecule has 1 aliphatic heterocycles. The number of nitrogens with zero attached hydrogens (tertiary/aromatic N) is 3. The summed E-state index contributed by atoms with van der Waals surface area (Å²) in [6.45, 7) is 1.18. The molecule has 0 saturated carbocycles. The molecule has 0 radical (unpaired) electrons. The van der Waals surface area contributed by atoms with Gasteiger partial charge in [-0.2, -0.15) is 5.26 Å². The smallest absolute Gasteiger partial charge is 0.267 e. The average molecular weight is 354 g/mol. The van der Waals surface area contributed by atoms with E-state index in [4.69, 9.17) is 5.73 Å². The van der Waals surface area contributed by atoms with Crippen LogP contribution in [0.1, 0.15) is 32.7 Å². The van der Waals surface area contributed by atoms with Gasteiger partial charge in [0, 0.05) is 12.6 Å². The number of aromatic nitrogens is 1. The van der Waals surface area contributed by atoms with E-state index in [0.717, 1.165) is 33.4 Å². The Balaban J connectivity index is 1.88. The van der Waals surface area contributed by atoms with Crippen molar-refractivity contribution >= 4 is 5.91 Å². The van der Waals surface area contributed by atoms with Gasteiger partial charge in [0.25, 0.3) is 5.91 Å². The van der Waals surface area contributed by atoms with Crippen molar-refractivity contribution in [3.05, 3.63) is 88.7 Å². The monoisotopic (exact) mass is 354 g/mol. The van der Waals surface area contributed by atoms with E-state index in [2.05, 4.69) is 11.2 Å². The number of nitrogens with two attached hydrogens (primary N) is 1. The minimum atomic E-state index is -0.533. The SMILES string of the molecule is N#CN1Cc2cccc(-c3ccnc(C(N)=O)c3Cc3ccccc3)c2C1. The average Bonchev–Trinajstić information content (AvgIpc) is 3.12. The lowest BCUT2D eigenvalue weighted by Crippen LogP contribution is -2.17. The molecule has 0 saturated heterocycles. The molecule has 0 atom stereocenters. The fourth-order valence-corrected chi connectivity index (χ4v) is 3.68. The van der Waals surface area contributed by atoms with Crippen LogP contribution < -0.4 is 5.73 Å². The molecule has 0 unspecified atom stereocenters. The van der Waals surface area contributed by atoms with E-state index in [1.54, 1.807) is 11.1 Å². The standard InChI is InChI=1S/C22H18N4O/c23-14-26-12-16-7-4-8-17(20(16)13-26)18-9-10-25-21(22(24)27)19(18)11-15-5-2-1-3-6-15/h1-10H,11-13H2,(H2,24,27). The Kier molecular flexibility index (Phi) is 4.31. The maximum absolute atomic E-state index is 12.0. The normalized spacial score (nSPS) is 12.5. The molecule has 0 fully saturated rings. The van der Waals surface area contributed by atoms with Crippen LogP contribution in [-0.4, -0.2) is 15.8 Å². The maximum atomic E-state index is 12.0. The van der Waals surface area contributed by atoms with Crippen molar-refractivity contribution in [3.8, 4) is 17.3 Å². The highest BCUT2D eigenvalue weighted by Crippen LogP contribution is 2.35. The summed E-state index contributed by atoms with van der Waals surface area (Å²) in [7, 11) is 0. The third kappa shape index (κ3) is 3.13. The van der Waals surface area contributed by atoms with Crippen molar-refractivity contribution in [1.29, 1.82) is 5.26 Å². The number of carbonyl (C=O) groups excluding carboxylic acids is 1. The van der Waals surface area contributed by atoms with Crippen LogP contribution in [0.4, 0.5) is 0 Å². The first-order valence-corrected chi connectivity index (χ1v) is 8.75. The Morgan fingerprint density at radius 3 is 2.63 bits per heavy atom. The van der Waals surface area contributed by atoms with Crippen LogP contribution >= 0.6 is 0 Å². The predicted molar refractivity (Wildman–Crippen MR) is 102 cm³/mol. The quantitative estimate of drug-likeness (QED) is 0.729. The summed E-state index contributed by atoms with van der Waals surface area (Å²) in [4.78, 5) is 18.0. The van der Waals surface area contributed by atoms with E-state index in [0.29, 0.717) is 25.2 Å². The largest absolute Gasteiger partial charge is 0.364 e. The molecule has 27 heavy (non-hydrogen) atoms. The van der Waals surface area contributed by atoms with Gasteiger partial charge < -0.3 is 10.6 Å². The zero-order valence-electron chi connectivity index (χ0n) is 14.7. The number of rotatable bonds is 4. The molecule has 2 N–H and O–H groups in total. The molecule has 5 heteroatoms. The fraction of sp³-hybridized carbons (Fsp3) is 0.136. The van der Waals surface area contributed by atoms with E-state index in [1.807, 2.05) is 54.6 Å². The first kappa shape index (κ1) is 16.8. The third-order valence-electron chi connectivity index (χ3n) is 4.93. The predicted octanol–water partition coefficient (Wildman–Crippen LogP) is 3.23. The number of fused-ring (bicyclic) bond motifs is 1. The number of carbonyl (C=O) groups is 1. The molecule has 0 spiro atoms. The van der Waals surface area contributed by atoms with Crippen LogP contribution in [-0.2, 0) is 19.5 Å². The molecule has 5 nitrogen and oxygen atoms in total. The molecular formula is C22H18N4O. The first-order chi connectivity index (χ1) is 13.2. The van der Waals surface area contributed by atoms with Gasteiger partial charge in [0.15, 0.2) is 6.19 Å². The lowest BCUT2D eigenvalue weighted by atomic mass is 9.90. The van der Waals surface area contributed by atoms with E-state index in [9.17, 15) is 10.1 Å². The van der Waals surface area contributed by atoms with E-state index >= 15 is 0 Å². The second kappa shape index (κ2) is 6.93. The highest BCUT2D eigenvalue weighted by atomic mass is 16.1. The summed E-state index contributed by atoms with van der Waals surface area (Å²) in [6, 6.07) is 17.9. The second-order valence-electron chi connectivity index (χ2n) is 6.61. The van der Waals surface area contributed by atoms with Gasteiger partial charge in [0.1, 0.15) is 5.69 Å². The molecule has 3 aromatic rings. The van der Waals surface area contributed by atoms with Gasteiger partial charge in [0.05, 0.1) is 13.1 Å². The molecule has 132 valence electrons. The van der Waals surface area contributed by atoms with Gasteiger partial charge in [-0.15, -0.1) is 0 Å². The Hall–Kier alpha value is -3.65. The Bertz CT molecular complexity index is 1050. The number of hydrogen-bond acceptors (Lipinski definition) is 4. The fourth-order valence-electron chi connectivity index (χ4n) is 3.68. The molecule has 0 bridgehead atoms. The zero-order valence-corrected chi connectivity index (χ0v) is 14.7. The van der Waals surface area contributed by atoms with Gasteiger partial charge in [-0.05, 0) is 39.4 Å². The van der Waals surface area contributed by atoms with Crippen LogP contribution in [0.2, 0.25) is 0 Å². The molecular weight excluding hydrogens is 336 g/mol. The summed E-state index contributed by atoms with van der Waals surface area (Å²) in [5, 5.41) is 9.27. The van der Waals surface area contributed by atoms with Crippen molar-refractivity contribution in [2.75, 3.05) is 0 Å². The van der Waals surface area contributed by atoms with Gasteiger partial charge in [0.2, 0.25) is 0 Å². The Labute approximate surface area is 157 Å². The zero-order chi connectivity index (χ0) is 18.8. The van der Waals surface area contributed by atoms with E-state index in [1.165, 1.54) is 0 Å². The molecule has 1 amide bonds. The molecule has 1 aliphatic rings. The second-order valence-corrected chi connectivity index (χ2v) is 6.61. The summed E-state index contributed by atoms with van der Waals surface area (Å²) < 4.78 is 0. The van der Waals surface area contributed by atoms with Crippen molar-refractivity contribution in [2.24, 2.45) is 5.73 Å². The van der Waals surface area contributed by atoms with Crippen LogP contribution in [0, 0.1) is 11.5 Å². The van der Waals surface area contributed by atoms with Gasteiger partial charge in [-0.3, -0.25) is 9.78 Å². The van der Waals surface area contributed by atoms with Crippen LogP contribution in [0.25, 0.3) is 11.1 Å². The van der Waals surface area contributed by atoms with Crippen molar-refractivity contribution < 1.29 is 4.79 Å². The topological polar surface area (TPSA) is 83.0 Å².